The van der Waals surface area contributed by atoms with Crippen molar-refractivity contribution in [3.05, 3.63) is 95.2 Å². The van der Waals surface area contributed by atoms with Gasteiger partial charge in [-0.2, -0.15) is 5.10 Å². The number of carbonyl (C=O) groups excluding carboxylic acids is 1. The summed E-state index contributed by atoms with van der Waals surface area (Å²) in [6.07, 6.45) is 0. The Hall–Kier alpha value is -4.26. The van der Waals surface area contributed by atoms with Crippen LogP contribution in [0.5, 0.6) is 17.2 Å². The number of phenols is 1. The molecular weight excluding hydrogens is 406 g/mol. The maximum absolute atomic E-state index is 13.5. The van der Waals surface area contributed by atoms with Gasteiger partial charge in [0.05, 0.1) is 11.7 Å². The van der Waals surface area contributed by atoms with Crippen molar-refractivity contribution in [1.29, 1.82) is 0 Å². The molecule has 0 spiro atoms. The molecule has 2 aliphatic heterocycles. The largest absolute Gasteiger partial charge is 0.508 e. The average molecular weight is 425 g/mol. The lowest BCUT2D eigenvalue weighted by Crippen LogP contribution is -2.29. The fraction of sp³-hybridized carbons (Fsp3) is 0.120. The number of phenolic OH excluding ortho intramolecular Hbond substituents is 1. The molecule has 0 aliphatic carbocycles. The first-order chi connectivity index (χ1) is 15.7. The number of nitrogens with one attached hydrogen (secondary N) is 1. The van der Waals surface area contributed by atoms with Gasteiger partial charge in [-0.25, -0.2) is 0 Å². The molecule has 7 nitrogen and oxygen atoms in total. The highest BCUT2D eigenvalue weighted by atomic mass is 16.7. The SMILES string of the molecule is O=C1c2[nH]nc(-c3ccccc3)c2C(c2ccc(O)cc2)N1Cc1ccc2c(c1)OCO2. The van der Waals surface area contributed by atoms with Crippen LogP contribution in [-0.4, -0.2) is 32.9 Å². The fourth-order valence-electron chi connectivity index (χ4n) is 4.41. The molecule has 0 saturated carbocycles. The molecule has 4 aromatic rings. The number of rotatable bonds is 4. The lowest BCUT2D eigenvalue weighted by Gasteiger charge is -2.26. The van der Waals surface area contributed by atoms with E-state index in [1.165, 1.54) is 0 Å². The van der Waals surface area contributed by atoms with Crippen LogP contribution < -0.4 is 9.47 Å². The predicted molar refractivity (Wildman–Crippen MR) is 116 cm³/mol. The van der Waals surface area contributed by atoms with E-state index in [2.05, 4.69) is 10.2 Å². The molecular formula is C25H19N3O4. The summed E-state index contributed by atoms with van der Waals surface area (Å²) in [4.78, 5) is 15.3. The van der Waals surface area contributed by atoms with Crippen LogP contribution >= 0.6 is 0 Å². The number of aromatic hydroxyl groups is 1. The van der Waals surface area contributed by atoms with Crippen molar-refractivity contribution in [2.24, 2.45) is 0 Å². The Kier molecular flexibility index (Phi) is 4.14. The maximum Gasteiger partial charge on any atom is 0.273 e. The van der Waals surface area contributed by atoms with Crippen LogP contribution in [0.2, 0.25) is 0 Å². The van der Waals surface area contributed by atoms with Gasteiger partial charge in [-0.15, -0.1) is 0 Å². The molecule has 0 fully saturated rings. The molecule has 3 aromatic carbocycles. The van der Waals surface area contributed by atoms with E-state index in [-0.39, 0.29) is 24.5 Å². The molecule has 0 radical (unpaired) electrons. The van der Waals surface area contributed by atoms with Crippen molar-refractivity contribution in [2.45, 2.75) is 12.6 Å². The first kappa shape index (κ1) is 18.5. The van der Waals surface area contributed by atoms with Crippen molar-refractivity contribution >= 4 is 5.91 Å². The summed E-state index contributed by atoms with van der Waals surface area (Å²) >= 11 is 0. The van der Waals surface area contributed by atoms with Crippen LogP contribution in [0.3, 0.4) is 0 Å². The monoisotopic (exact) mass is 425 g/mol. The van der Waals surface area contributed by atoms with Crippen molar-refractivity contribution in [3.63, 3.8) is 0 Å². The number of hydrogen-bond acceptors (Lipinski definition) is 5. The van der Waals surface area contributed by atoms with Crippen LogP contribution in [0.25, 0.3) is 11.3 Å². The lowest BCUT2D eigenvalue weighted by atomic mass is 9.96. The Labute approximate surface area is 183 Å². The molecule has 0 bridgehead atoms. The zero-order valence-corrected chi connectivity index (χ0v) is 17.0. The van der Waals surface area contributed by atoms with Crippen molar-refractivity contribution in [3.8, 4) is 28.5 Å². The van der Waals surface area contributed by atoms with E-state index in [4.69, 9.17) is 9.47 Å². The van der Waals surface area contributed by atoms with E-state index < -0.39 is 0 Å². The molecule has 1 aromatic heterocycles. The second-order valence-electron chi connectivity index (χ2n) is 7.84. The highest BCUT2D eigenvalue weighted by Crippen LogP contribution is 2.44. The summed E-state index contributed by atoms with van der Waals surface area (Å²) in [6, 6.07) is 22.1. The Morgan fingerprint density at radius 1 is 1.00 bits per heavy atom. The molecule has 1 atom stereocenters. The zero-order chi connectivity index (χ0) is 21.7. The third-order valence-electron chi connectivity index (χ3n) is 5.91. The van der Waals surface area contributed by atoms with Crippen molar-refractivity contribution in [2.75, 3.05) is 6.79 Å². The molecule has 7 heteroatoms. The van der Waals surface area contributed by atoms with Crippen molar-refractivity contribution in [1.82, 2.24) is 15.1 Å². The molecule has 3 heterocycles. The molecule has 158 valence electrons. The van der Waals surface area contributed by atoms with Gasteiger partial charge in [-0.05, 0) is 35.4 Å². The Balaban J connectivity index is 1.46. The topological polar surface area (TPSA) is 87.7 Å². The third-order valence-corrected chi connectivity index (χ3v) is 5.91. The quantitative estimate of drug-likeness (QED) is 0.510. The number of aromatic amines is 1. The number of carbonyl (C=O) groups is 1. The molecule has 2 N–H and O–H groups in total. The van der Waals surface area contributed by atoms with Crippen molar-refractivity contribution < 1.29 is 19.4 Å². The molecule has 1 unspecified atom stereocenters. The summed E-state index contributed by atoms with van der Waals surface area (Å²) in [7, 11) is 0. The first-order valence-electron chi connectivity index (χ1n) is 10.3. The predicted octanol–water partition coefficient (Wildman–Crippen LogP) is 4.26. The van der Waals surface area contributed by atoms with Crippen LogP contribution in [0, 0.1) is 0 Å². The smallest absolute Gasteiger partial charge is 0.273 e. The molecule has 2 aliphatic rings. The maximum atomic E-state index is 13.5. The van der Waals surface area contributed by atoms with Crippen LogP contribution in [0.4, 0.5) is 0 Å². The Bertz CT molecular complexity index is 1320. The highest BCUT2D eigenvalue weighted by Gasteiger charge is 2.42. The van der Waals surface area contributed by atoms with E-state index >= 15 is 0 Å². The summed E-state index contributed by atoms with van der Waals surface area (Å²) in [5.41, 5.74) is 4.85. The minimum Gasteiger partial charge on any atom is -0.508 e. The lowest BCUT2D eigenvalue weighted by molar-refractivity contribution is 0.0730. The number of hydrogen-bond donors (Lipinski definition) is 2. The zero-order valence-electron chi connectivity index (χ0n) is 17.0. The normalized spacial score (nSPS) is 16.4. The molecule has 0 saturated heterocycles. The number of H-pyrrole nitrogens is 1. The van der Waals surface area contributed by atoms with Gasteiger partial charge in [-0.3, -0.25) is 9.89 Å². The third kappa shape index (κ3) is 2.90. The van der Waals surface area contributed by atoms with E-state index in [9.17, 15) is 9.90 Å². The van der Waals surface area contributed by atoms with E-state index in [0.29, 0.717) is 23.7 Å². The van der Waals surface area contributed by atoms with E-state index in [1.54, 1.807) is 12.1 Å². The number of amides is 1. The molecule has 32 heavy (non-hydrogen) atoms. The number of nitrogens with zero attached hydrogens (tertiary/aromatic N) is 2. The highest BCUT2D eigenvalue weighted by molar-refractivity contribution is 6.00. The van der Waals surface area contributed by atoms with Gasteiger partial charge in [0.25, 0.3) is 5.91 Å². The summed E-state index contributed by atoms with van der Waals surface area (Å²) in [6.45, 7) is 0.589. The van der Waals surface area contributed by atoms with Crippen LogP contribution in [-0.2, 0) is 6.54 Å². The summed E-state index contributed by atoms with van der Waals surface area (Å²) in [5.74, 6) is 1.44. The minimum atomic E-state index is -0.350. The first-order valence-corrected chi connectivity index (χ1v) is 10.3. The van der Waals surface area contributed by atoms with Crippen LogP contribution in [0.15, 0.2) is 72.8 Å². The Morgan fingerprint density at radius 3 is 2.59 bits per heavy atom. The number of fused-ring (bicyclic) bond motifs is 2. The van der Waals surface area contributed by atoms with Gasteiger partial charge in [0.2, 0.25) is 6.79 Å². The van der Waals surface area contributed by atoms with Gasteiger partial charge >= 0.3 is 0 Å². The number of aromatic nitrogens is 2. The van der Waals surface area contributed by atoms with E-state index in [0.717, 1.165) is 27.9 Å². The fourth-order valence-corrected chi connectivity index (χ4v) is 4.41. The van der Waals surface area contributed by atoms with Gasteiger partial charge in [0, 0.05) is 17.7 Å². The number of ether oxygens (including phenoxy) is 2. The summed E-state index contributed by atoms with van der Waals surface area (Å²) < 4.78 is 10.9. The van der Waals surface area contributed by atoms with Gasteiger partial charge in [-0.1, -0.05) is 48.5 Å². The second-order valence-corrected chi connectivity index (χ2v) is 7.84. The standard InChI is InChI=1S/C25H19N3O4/c29-18-9-7-17(8-10-18)24-21-22(16-4-2-1-3-5-16)26-27-23(21)25(30)28(24)13-15-6-11-19-20(12-15)32-14-31-19/h1-12,24,29H,13-14H2,(H,26,27). The summed E-state index contributed by atoms with van der Waals surface area (Å²) in [5, 5.41) is 17.3. The van der Waals surface area contributed by atoms with Gasteiger partial charge < -0.3 is 19.5 Å². The van der Waals surface area contributed by atoms with E-state index in [1.807, 2.05) is 65.6 Å². The average Bonchev–Trinajstić information content (AvgIpc) is 3.52. The van der Waals surface area contributed by atoms with Gasteiger partial charge in [0.1, 0.15) is 11.4 Å². The molecule has 6 rings (SSSR count). The molecule has 1 amide bonds. The van der Waals surface area contributed by atoms with Gasteiger partial charge in [0.15, 0.2) is 11.5 Å². The van der Waals surface area contributed by atoms with Crippen LogP contribution in [0.1, 0.15) is 33.2 Å². The minimum absolute atomic E-state index is 0.120. The second kappa shape index (κ2) is 7.16. The Morgan fingerprint density at radius 2 is 1.78 bits per heavy atom. The number of benzene rings is 3.